The van der Waals surface area contributed by atoms with Gasteiger partial charge in [0.1, 0.15) is 5.75 Å². The first-order chi connectivity index (χ1) is 11.1. The summed E-state index contributed by atoms with van der Waals surface area (Å²) in [5.41, 5.74) is 2.50. The first-order valence-corrected chi connectivity index (χ1v) is 7.99. The highest BCUT2D eigenvalue weighted by Crippen LogP contribution is 2.34. The quantitative estimate of drug-likeness (QED) is 0.648. The Morgan fingerprint density at radius 3 is 2.61 bits per heavy atom. The van der Waals surface area contributed by atoms with Crippen LogP contribution in [0.25, 0.3) is 21.9 Å². The second-order valence-electron chi connectivity index (χ2n) is 5.24. The van der Waals surface area contributed by atoms with Gasteiger partial charge >= 0.3 is 0 Å². The van der Waals surface area contributed by atoms with Crippen molar-refractivity contribution >= 4 is 34.0 Å². The summed E-state index contributed by atoms with van der Waals surface area (Å²) in [6, 6.07) is 13.0. The number of hydrogen-bond acceptors (Lipinski definition) is 2. The molecule has 0 saturated heterocycles. The highest BCUT2D eigenvalue weighted by atomic mass is 35.5. The number of methoxy groups -OCH3 is 1. The molecule has 5 heteroatoms. The third-order valence-electron chi connectivity index (χ3n) is 3.96. The fourth-order valence-corrected chi connectivity index (χ4v) is 3.28. The molecule has 3 nitrogen and oxygen atoms in total. The Morgan fingerprint density at radius 2 is 1.91 bits per heavy atom. The first-order valence-electron chi connectivity index (χ1n) is 7.08. The molecule has 0 aliphatic rings. The van der Waals surface area contributed by atoms with Crippen LogP contribution in [0.3, 0.4) is 0 Å². The van der Waals surface area contributed by atoms with E-state index in [0.717, 1.165) is 28.0 Å². The molecule has 0 fully saturated rings. The van der Waals surface area contributed by atoms with E-state index in [-0.39, 0.29) is 11.4 Å². The molecule has 1 aromatic heterocycles. The Morgan fingerprint density at radius 1 is 1.13 bits per heavy atom. The number of benzene rings is 2. The van der Waals surface area contributed by atoms with Gasteiger partial charge in [0.2, 0.25) is 0 Å². The van der Waals surface area contributed by atoms with Crippen LogP contribution in [0, 0.1) is 0 Å². The van der Waals surface area contributed by atoms with Crippen LogP contribution in [0.5, 0.6) is 5.75 Å². The molecule has 118 valence electrons. The number of nitrogens with zero attached hydrogens (tertiary/aromatic N) is 1. The third kappa shape index (κ3) is 2.71. The zero-order valence-electron chi connectivity index (χ0n) is 12.8. The summed E-state index contributed by atoms with van der Waals surface area (Å²) in [5, 5.41) is 1.99. The minimum absolute atomic E-state index is 0.0843. The van der Waals surface area contributed by atoms with Gasteiger partial charge in [-0.2, -0.15) is 0 Å². The molecule has 3 aromatic rings. The molecule has 0 amide bonds. The van der Waals surface area contributed by atoms with E-state index in [1.165, 1.54) is 0 Å². The maximum atomic E-state index is 12.6. The molecular weight excluding hydrogens is 333 g/mol. The van der Waals surface area contributed by atoms with Crippen molar-refractivity contribution in [3.8, 4) is 16.9 Å². The summed E-state index contributed by atoms with van der Waals surface area (Å²) in [6.45, 7) is 0. The smallest absolute Gasteiger partial charge is 0.258 e. The lowest BCUT2D eigenvalue weighted by molar-refractivity contribution is 0.415. The maximum absolute atomic E-state index is 12.6. The summed E-state index contributed by atoms with van der Waals surface area (Å²) < 4.78 is 6.91. The minimum Gasteiger partial charge on any atom is -0.497 e. The van der Waals surface area contributed by atoms with Gasteiger partial charge in [-0.05, 0) is 41.3 Å². The second kappa shape index (κ2) is 6.26. The third-order valence-corrected chi connectivity index (χ3v) is 4.45. The molecule has 0 spiro atoms. The lowest BCUT2D eigenvalue weighted by Crippen LogP contribution is -2.21. The fourth-order valence-electron chi connectivity index (χ4n) is 2.79. The maximum Gasteiger partial charge on any atom is 0.258 e. The summed E-state index contributed by atoms with van der Waals surface area (Å²) in [6.07, 6.45) is 0. The number of alkyl halides is 1. The normalized spacial score (nSPS) is 11.0. The van der Waals surface area contributed by atoms with Gasteiger partial charge < -0.3 is 9.30 Å². The molecule has 1 heterocycles. The van der Waals surface area contributed by atoms with E-state index in [0.29, 0.717) is 10.4 Å². The Balaban J connectivity index is 2.48. The standard InChI is InChI=1S/C18H15Cl2NO2/c1-21-16(10-19)17(11-4-3-5-13(8-11)23-2)15-9-12(20)6-7-14(15)18(21)22/h3-9H,10H2,1-2H3. The second-order valence-corrected chi connectivity index (χ2v) is 5.95. The molecule has 0 unspecified atom stereocenters. The lowest BCUT2D eigenvalue weighted by atomic mass is 9.97. The Hall–Kier alpha value is -1.97. The minimum atomic E-state index is -0.0843. The van der Waals surface area contributed by atoms with E-state index >= 15 is 0 Å². The average molecular weight is 348 g/mol. The lowest BCUT2D eigenvalue weighted by Gasteiger charge is -2.16. The van der Waals surface area contributed by atoms with Crippen LogP contribution in [0.4, 0.5) is 0 Å². The van der Waals surface area contributed by atoms with Crippen LogP contribution in [0.15, 0.2) is 47.3 Å². The molecule has 23 heavy (non-hydrogen) atoms. The molecule has 0 radical (unpaired) electrons. The number of ether oxygens (including phenoxy) is 1. The summed E-state index contributed by atoms with van der Waals surface area (Å²) >= 11 is 12.3. The van der Waals surface area contributed by atoms with Gasteiger partial charge in [0, 0.05) is 28.7 Å². The average Bonchev–Trinajstić information content (AvgIpc) is 2.57. The van der Waals surface area contributed by atoms with E-state index in [4.69, 9.17) is 27.9 Å². The van der Waals surface area contributed by atoms with Crippen molar-refractivity contribution in [3.05, 3.63) is 63.5 Å². The summed E-state index contributed by atoms with van der Waals surface area (Å²) in [7, 11) is 3.36. The number of aromatic nitrogens is 1. The molecular formula is C18H15Cl2NO2. The van der Waals surface area contributed by atoms with Gasteiger partial charge in [0.25, 0.3) is 5.56 Å². The van der Waals surface area contributed by atoms with Crippen LogP contribution in [-0.4, -0.2) is 11.7 Å². The summed E-state index contributed by atoms with van der Waals surface area (Å²) in [4.78, 5) is 12.6. The van der Waals surface area contributed by atoms with Crippen LogP contribution in [0.1, 0.15) is 5.69 Å². The van der Waals surface area contributed by atoms with Gasteiger partial charge in [-0.1, -0.05) is 23.7 Å². The molecule has 0 bridgehead atoms. The first kappa shape index (κ1) is 15.9. The predicted molar refractivity (Wildman–Crippen MR) is 95.7 cm³/mol. The Labute approximate surface area is 144 Å². The van der Waals surface area contributed by atoms with Crippen molar-refractivity contribution in [3.63, 3.8) is 0 Å². The molecule has 0 aliphatic carbocycles. The van der Waals surface area contributed by atoms with E-state index < -0.39 is 0 Å². The van der Waals surface area contributed by atoms with E-state index in [9.17, 15) is 4.79 Å². The van der Waals surface area contributed by atoms with Crippen molar-refractivity contribution in [1.82, 2.24) is 4.57 Å². The van der Waals surface area contributed by atoms with Gasteiger partial charge in [0.15, 0.2) is 0 Å². The fraction of sp³-hybridized carbons (Fsp3) is 0.167. The summed E-state index contributed by atoms with van der Waals surface area (Å²) in [5.74, 6) is 0.966. The van der Waals surface area contributed by atoms with E-state index in [1.807, 2.05) is 30.3 Å². The highest BCUT2D eigenvalue weighted by Gasteiger charge is 2.16. The number of hydrogen-bond donors (Lipinski definition) is 0. The number of halogens is 2. The van der Waals surface area contributed by atoms with Crippen molar-refractivity contribution in [2.45, 2.75) is 5.88 Å². The van der Waals surface area contributed by atoms with E-state index in [2.05, 4.69) is 0 Å². The highest BCUT2D eigenvalue weighted by molar-refractivity contribution is 6.31. The van der Waals surface area contributed by atoms with Crippen LogP contribution in [0.2, 0.25) is 5.02 Å². The number of pyridine rings is 1. The topological polar surface area (TPSA) is 31.2 Å². The Bertz CT molecular complexity index is 948. The zero-order valence-corrected chi connectivity index (χ0v) is 14.3. The van der Waals surface area contributed by atoms with Crippen molar-refractivity contribution in [2.24, 2.45) is 7.05 Å². The van der Waals surface area contributed by atoms with Crippen molar-refractivity contribution in [2.75, 3.05) is 7.11 Å². The molecule has 0 N–H and O–H groups in total. The van der Waals surface area contributed by atoms with E-state index in [1.54, 1.807) is 30.9 Å². The van der Waals surface area contributed by atoms with Crippen LogP contribution < -0.4 is 10.3 Å². The van der Waals surface area contributed by atoms with Crippen molar-refractivity contribution in [1.29, 1.82) is 0 Å². The molecule has 0 aliphatic heterocycles. The van der Waals surface area contributed by atoms with Gasteiger partial charge in [-0.25, -0.2) is 0 Å². The number of rotatable bonds is 3. The number of fused-ring (bicyclic) bond motifs is 1. The van der Waals surface area contributed by atoms with Crippen LogP contribution in [-0.2, 0) is 12.9 Å². The van der Waals surface area contributed by atoms with Crippen LogP contribution >= 0.6 is 23.2 Å². The van der Waals surface area contributed by atoms with Gasteiger partial charge in [-0.3, -0.25) is 4.79 Å². The van der Waals surface area contributed by atoms with Gasteiger partial charge in [-0.15, -0.1) is 11.6 Å². The molecule has 2 aromatic carbocycles. The van der Waals surface area contributed by atoms with Crippen molar-refractivity contribution < 1.29 is 4.74 Å². The predicted octanol–water partition coefficient (Wildman–Crippen LogP) is 4.61. The Kier molecular flexibility index (Phi) is 4.33. The monoisotopic (exact) mass is 347 g/mol. The zero-order chi connectivity index (χ0) is 16.6. The molecule has 0 atom stereocenters. The SMILES string of the molecule is COc1cccc(-c2c(CCl)n(C)c(=O)c3ccc(Cl)cc23)c1. The largest absolute Gasteiger partial charge is 0.497 e. The molecule has 3 rings (SSSR count). The van der Waals surface area contributed by atoms with Gasteiger partial charge in [0.05, 0.1) is 13.0 Å². The molecule has 0 saturated carbocycles.